The molecule has 0 aromatic carbocycles. The maximum atomic E-state index is 4.65. The lowest BCUT2D eigenvalue weighted by molar-refractivity contribution is 0.226. The summed E-state index contributed by atoms with van der Waals surface area (Å²) in [5, 5.41) is 0. The van der Waals surface area contributed by atoms with Gasteiger partial charge in [0, 0.05) is 23.9 Å². The summed E-state index contributed by atoms with van der Waals surface area (Å²) in [7, 11) is 0. The topological polar surface area (TPSA) is 16.1 Å². The molecule has 92 valence electrons. The van der Waals surface area contributed by atoms with E-state index in [1.165, 1.54) is 37.2 Å². The van der Waals surface area contributed by atoms with Gasteiger partial charge in [-0.25, -0.2) is 0 Å². The Morgan fingerprint density at radius 1 is 1.41 bits per heavy atom. The van der Waals surface area contributed by atoms with Crippen molar-refractivity contribution >= 4 is 0 Å². The summed E-state index contributed by atoms with van der Waals surface area (Å²) in [5.74, 6) is 0.649. The first-order valence-corrected chi connectivity index (χ1v) is 6.45. The van der Waals surface area contributed by atoms with Crippen LogP contribution in [0, 0.1) is 6.92 Å². The molecule has 2 rings (SSSR count). The van der Waals surface area contributed by atoms with E-state index in [-0.39, 0.29) is 0 Å². The minimum absolute atomic E-state index is 0.649. The lowest BCUT2D eigenvalue weighted by atomic mass is 9.93. The van der Waals surface area contributed by atoms with Gasteiger partial charge < -0.3 is 0 Å². The van der Waals surface area contributed by atoms with Gasteiger partial charge >= 0.3 is 0 Å². The Morgan fingerprint density at radius 2 is 2.12 bits per heavy atom. The highest BCUT2D eigenvalue weighted by molar-refractivity contribution is 5.14. The maximum Gasteiger partial charge on any atom is 0.0438 e. The van der Waals surface area contributed by atoms with Gasteiger partial charge in [0.2, 0.25) is 0 Å². The average molecular weight is 230 g/mol. The Labute approximate surface area is 104 Å². The van der Waals surface area contributed by atoms with E-state index < -0.39 is 0 Å². The molecule has 0 N–H and O–H groups in total. The standard InChI is InChI=1S/C15H22N2/c1-12(2)11-17-9-7-14(8-10-17)15-6-4-5-13(3)16-15/h4-6,14H,1,7-11H2,2-3H3. The van der Waals surface area contributed by atoms with Gasteiger partial charge in [-0.15, -0.1) is 0 Å². The number of pyridine rings is 1. The van der Waals surface area contributed by atoms with E-state index in [1.807, 2.05) is 0 Å². The van der Waals surface area contributed by atoms with Crippen molar-refractivity contribution in [2.24, 2.45) is 0 Å². The van der Waals surface area contributed by atoms with Gasteiger partial charge in [0.05, 0.1) is 0 Å². The van der Waals surface area contributed by atoms with Gasteiger partial charge in [-0.05, 0) is 51.9 Å². The van der Waals surface area contributed by atoms with Gasteiger partial charge in [0.25, 0.3) is 0 Å². The van der Waals surface area contributed by atoms with Gasteiger partial charge in [0.15, 0.2) is 0 Å². The maximum absolute atomic E-state index is 4.65. The Hall–Kier alpha value is -1.15. The van der Waals surface area contributed by atoms with E-state index in [9.17, 15) is 0 Å². The number of aromatic nitrogens is 1. The smallest absolute Gasteiger partial charge is 0.0438 e. The molecule has 2 heteroatoms. The SMILES string of the molecule is C=C(C)CN1CCC(c2cccc(C)n2)CC1. The van der Waals surface area contributed by atoms with E-state index in [2.05, 4.69) is 48.5 Å². The van der Waals surface area contributed by atoms with E-state index in [0.717, 1.165) is 12.2 Å². The fourth-order valence-corrected chi connectivity index (χ4v) is 2.56. The van der Waals surface area contributed by atoms with Gasteiger partial charge in [-0.3, -0.25) is 9.88 Å². The average Bonchev–Trinajstić information content (AvgIpc) is 2.29. The van der Waals surface area contributed by atoms with E-state index in [4.69, 9.17) is 0 Å². The van der Waals surface area contributed by atoms with E-state index in [1.54, 1.807) is 0 Å². The molecule has 1 aromatic heterocycles. The molecule has 17 heavy (non-hydrogen) atoms. The number of hydrogen-bond donors (Lipinski definition) is 0. The molecule has 0 amide bonds. The van der Waals surface area contributed by atoms with Crippen LogP contribution in [0.25, 0.3) is 0 Å². The second kappa shape index (κ2) is 5.46. The predicted octanol–water partition coefficient (Wildman–Crippen LogP) is 3.15. The van der Waals surface area contributed by atoms with Crippen LogP contribution in [0.4, 0.5) is 0 Å². The first kappa shape index (κ1) is 12.3. The third-order valence-electron chi connectivity index (χ3n) is 3.41. The molecular weight excluding hydrogens is 208 g/mol. The van der Waals surface area contributed by atoms with Crippen LogP contribution < -0.4 is 0 Å². The number of aryl methyl sites for hydroxylation is 1. The van der Waals surface area contributed by atoms with E-state index >= 15 is 0 Å². The molecule has 2 nitrogen and oxygen atoms in total. The van der Waals surface area contributed by atoms with Crippen LogP contribution in [0.2, 0.25) is 0 Å². The van der Waals surface area contributed by atoms with Crippen LogP contribution in [-0.2, 0) is 0 Å². The molecule has 0 bridgehead atoms. The van der Waals surface area contributed by atoms with Crippen molar-refractivity contribution in [3.05, 3.63) is 41.7 Å². The zero-order valence-corrected chi connectivity index (χ0v) is 10.9. The van der Waals surface area contributed by atoms with E-state index in [0.29, 0.717) is 5.92 Å². The second-order valence-electron chi connectivity index (χ2n) is 5.21. The molecule has 0 saturated carbocycles. The first-order chi connectivity index (χ1) is 8.15. The molecule has 1 aromatic rings. The first-order valence-electron chi connectivity index (χ1n) is 6.45. The Bertz CT molecular complexity index is 390. The molecule has 0 spiro atoms. The number of hydrogen-bond acceptors (Lipinski definition) is 2. The van der Waals surface area contributed by atoms with Crippen LogP contribution in [0.3, 0.4) is 0 Å². The van der Waals surface area contributed by atoms with Gasteiger partial charge in [-0.2, -0.15) is 0 Å². The molecule has 0 aliphatic carbocycles. The summed E-state index contributed by atoms with van der Waals surface area (Å²) in [4.78, 5) is 7.14. The Balaban J connectivity index is 1.93. The lowest BCUT2D eigenvalue weighted by Crippen LogP contribution is -2.34. The zero-order valence-electron chi connectivity index (χ0n) is 10.9. The summed E-state index contributed by atoms with van der Waals surface area (Å²) in [6.45, 7) is 11.6. The van der Waals surface area contributed by atoms with Crippen molar-refractivity contribution in [1.82, 2.24) is 9.88 Å². The highest BCUT2D eigenvalue weighted by Crippen LogP contribution is 2.26. The highest BCUT2D eigenvalue weighted by atomic mass is 15.1. The Morgan fingerprint density at radius 3 is 2.71 bits per heavy atom. The fraction of sp³-hybridized carbons (Fsp3) is 0.533. The van der Waals surface area contributed by atoms with Crippen molar-refractivity contribution in [3.63, 3.8) is 0 Å². The van der Waals surface area contributed by atoms with Crippen molar-refractivity contribution in [2.75, 3.05) is 19.6 Å². The molecular formula is C15H22N2. The van der Waals surface area contributed by atoms with Crippen LogP contribution in [0.1, 0.15) is 37.1 Å². The largest absolute Gasteiger partial charge is 0.299 e. The fourth-order valence-electron chi connectivity index (χ4n) is 2.56. The van der Waals surface area contributed by atoms with Crippen LogP contribution in [0.5, 0.6) is 0 Å². The van der Waals surface area contributed by atoms with Crippen LogP contribution in [0.15, 0.2) is 30.4 Å². The minimum Gasteiger partial charge on any atom is -0.299 e. The summed E-state index contributed by atoms with van der Waals surface area (Å²) in [5.41, 5.74) is 3.67. The second-order valence-corrected chi connectivity index (χ2v) is 5.21. The van der Waals surface area contributed by atoms with Crippen molar-refractivity contribution in [2.45, 2.75) is 32.6 Å². The predicted molar refractivity (Wildman–Crippen MR) is 72.2 cm³/mol. The Kier molecular flexibility index (Phi) is 3.95. The molecule has 1 aliphatic rings. The molecule has 1 fully saturated rings. The van der Waals surface area contributed by atoms with Crippen molar-refractivity contribution in [1.29, 1.82) is 0 Å². The third-order valence-corrected chi connectivity index (χ3v) is 3.41. The van der Waals surface area contributed by atoms with Crippen molar-refractivity contribution < 1.29 is 0 Å². The molecule has 0 atom stereocenters. The molecule has 2 heterocycles. The molecule has 1 saturated heterocycles. The van der Waals surface area contributed by atoms with Gasteiger partial charge in [-0.1, -0.05) is 18.2 Å². The number of nitrogens with zero attached hydrogens (tertiary/aromatic N) is 2. The summed E-state index contributed by atoms with van der Waals surface area (Å²) >= 11 is 0. The molecule has 0 radical (unpaired) electrons. The number of rotatable bonds is 3. The van der Waals surface area contributed by atoms with Gasteiger partial charge in [0.1, 0.15) is 0 Å². The zero-order chi connectivity index (χ0) is 12.3. The normalized spacial score (nSPS) is 18.2. The number of piperidine rings is 1. The lowest BCUT2D eigenvalue weighted by Gasteiger charge is -2.31. The summed E-state index contributed by atoms with van der Waals surface area (Å²) in [6.07, 6.45) is 2.45. The monoisotopic (exact) mass is 230 g/mol. The molecule has 1 aliphatic heterocycles. The van der Waals surface area contributed by atoms with Crippen molar-refractivity contribution in [3.8, 4) is 0 Å². The number of likely N-dealkylation sites (tertiary alicyclic amines) is 1. The summed E-state index contributed by atoms with van der Waals surface area (Å²) < 4.78 is 0. The van der Waals surface area contributed by atoms with Crippen LogP contribution in [-0.4, -0.2) is 29.5 Å². The highest BCUT2D eigenvalue weighted by Gasteiger charge is 2.21. The summed E-state index contributed by atoms with van der Waals surface area (Å²) in [6, 6.07) is 6.36. The van der Waals surface area contributed by atoms with Crippen LogP contribution >= 0.6 is 0 Å². The third kappa shape index (κ3) is 3.40. The minimum atomic E-state index is 0.649. The quantitative estimate of drug-likeness (QED) is 0.742. The molecule has 0 unspecified atom stereocenters.